The Bertz CT molecular complexity index is 130. The average molecular weight is 158 g/mol. The lowest BCUT2D eigenvalue weighted by Crippen LogP contribution is -2.30. The second-order valence-corrected chi connectivity index (χ2v) is 3.39. The predicted molar refractivity (Wildman–Crippen MR) is 45.3 cm³/mol. The molecule has 0 bridgehead atoms. The summed E-state index contributed by atoms with van der Waals surface area (Å²) < 4.78 is 0. The van der Waals surface area contributed by atoms with Crippen LogP contribution in [0.4, 0.5) is 0 Å². The minimum absolute atomic E-state index is 0.0423. The Hall–Kier alpha value is -0.370. The highest BCUT2D eigenvalue weighted by molar-refractivity contribution is 5.84. The Labute approximate surface area is 68.6 Å². The molecule has 0 aromatic rings. The molecule has 0 saturated carbocycles. The van der Waals surface area contributed by atoms with Crippen LogP contribution in [0.1, 0.15) is 34.1 Å². The quantitative estimate of drug-likeness (QED) is 0.675. The molecule has 0 radical (unpaired) electrons. The molecule has 0 aliphatic carbocycles. The Morgan fingerprint density at radius 1 is 1.36 bits per heavy atom. The lowest BCUT2D eigenvalue weighted by molar-refractivity contribution is -0.132. The molecule has 2 nitrogen and oxygen atoms in total. The molecule has 0 rings (SSSR count). The molecule has 2 atom stereocenters. The first-order valence-electron chi connectivity index (χ1n) is 4.22. The summed E-state index contributed by atoms with van der Waals surface area (Å²) in [6.45, 7) is 7.49. The van der Waals surface area contributed by atoms with Crippen LogP contribution in [0, 0.1) is 11.8 Å². The van der Waals surface area contributed by atoms with Gasteiger partial charge in [-0.3, -0.25) is 4.79 Å². The van der Waals surface area contributed by atoms with Crippen molar-refractivity contribution in [2.45, 2.75) is 40.2 Å². The van der Waals surface area contributed by atoms with Gasteiger partial charge in [-0.15, -0.1) is 0 Å². The molecular formula is C9H18O2. The summed E-state index contributed by atoms with van der Waals surface area (Å²) in [6, 6.07) is 0. The Balaban J connectivity index is 4.02. The molecule has 0 saturated heterocycles. The molecule has 0 spiro atoms. The van der Waals surface area contributed by atoms with Gasteiger partial charge in [-0.1, -0.05) is 34.1 Å². The van der Waals surface area contributed by atoms with Gasteiger partial charge in [-0.25, -0.2) is 0 Å². The van der Waals surface area contributed by atoms with Crippen molar-refractivity contribution in [2.75, 3.05) is 0 Å². The second kappa shape index (κ2) is 4.50. The molecule has 0 aromatic heterocycles. The summed E-state index contributed by atoms with van der Waals surface area (Å²) >= 11 is 0. The highest BCUT2D eigenvalue weighted by atomic mass is 16.3. The zero-order valence-corrected chi connectivity index (χ0v) is 7.79. The van der Waals surface area contributed by atoms with E-state index >= 15 is 0 Å². The van der Waals surface area contributed by atoms with E-state index in [0.29, 0.717) is 0 Å². The maximum absolute atomic E-state index is 11.2. The number of aliphatic hydroxyl groups excluding tert-OH is 1. The van der Waals surface area contributed by atoms with Crippen LogP contribution in [0.15, 0.2) is 0 Å². The molecule has 0 fully saturated rings. The maximum atomic E-state index is 11.2. The van der Waals surface area contributed by atoms with Crippen molar-refractivity contribution < 1.29 is 9.90 Å². The molecule has 66 valence electrons. The van der Waals surface area contributed by atoms with Crippen LogP contribution in [-0.2, 0) is 4.79 Å². The highest BCUT2D eigenvalue weighted by Gasteiger charge is 2.22. The molecule has 0 aromatic carbocycles. The number of hydrogen-bond acceptors (Lipinski definition) is 2. The standard InChI is InChI=1S/C9H18O2/c1-5-7(4)9(11)8(10)6(2)3/h6-7,9,11H,5H2,1-4H3/t7-,9?/m0/s1. The zero-order chi connectivity index (χ0) is 9.02. The van der Waals surface area contributed by atoms with Gasteiger partial charge in [-0.2, -0.15) is 0 Å². The lowest BCUT2D eigenvalue weighted by Gasteiger charge is -2.17. The van der Waals surface area contributed by atoms with Gasteiger partial charge in [0.25, 0.3) is 0 Å². The molecule has 1 unspecified atom stereocenters. The first-order chi connectivity index (χ1) is 5.00. The summed E-state index contributed by atoms with van der Waals surface area (Å²) in [5, 5.41) is 9.41. The second-order valence-electron chi connectivity index (χ2n) is 3.39. The molecule has 11 heavy (non-hydrogen) atoms. The third kappa shape index (κ3) is 3.02. The summed E-state index contributed by atoms with van der Waals surface area (Å²) in [7, 11) is 0. The van der Waals surface area contributed by atoms with Gasteiger partial charge in [0.05, 0.1) is 0 Å². The van der Waals surface area contributed by atoms with E-state index in [1.807, 2.05) is 27.7 Å². The van der Waals surface area contributed by atoms with E-state index in [1.54, 1.807) is 0 Å². The average Bonchev–Trinajstić information content (AvgIpc) is 2.00. The summed E-state index contributed by atoms with van der Waals surface area (Å²) in [5.41, 5.74) is 0. The smallest absolute Gasteiger partial charge is 0.164 e. The molecule has 0 amide bonds. The summed E-state index contributed by atoms with van der Waals surface area (Å²) in [5.74, 6) is -0.0109. The lowest BCUT2D eigenvalue weighted by atomic mass is 9.93. The number of Topliss-reactive ketones (excluding diaryl/α,β-unsaturated/α-hetero) is 1. The highest BCUT2D eigenvalue weighted by Crippen LogP contribution is 2.11. The van der Waals surface area contributed by atoms with Crippen molar-refractivity contribution in [3.63, 3.8) is 0 Å². The normalized spacial score (nSPS) is 16.5. The van der Waals surface area contributed by atoms with Gasteiger partial charge in [0, 0.05) is 5.92 Å². The molecule has 0 aliphatic rings. The molecule has 0 heterocycles. The Morgan fingerprint density at radius 3 is 2.09 bits per heavy atom. The zero-order valence-electron chi connectivity index (χ0n) is 7.79. The number of hydrogen-bond donors (Lipinski definition) is 1. The van der Waals surface area contributed by atoms with Gasteiger partial charge in [0.1, 0.15) is 6.10 Å². The van der Waals surface area contributed by atoms with E-state index in [9.17, 15) is 9.90 Å². The van der Waals surface area contributed by atoms with Crippen LogP contribution in [0.5, 0.6) is 0 Å². The molecule has 1 N–H and O–H groups in total. The fourth-order valence-electron chi connectivity index (χ4n) is 0.845. The first kappa shape index (κ1) is 10.6. The van der Waals surface area contributed by atoms with Crippen molar-refractivity contribution in [3.05, 3.63) is 0 Å². The van der Waals surface area contributed by atoms with Crippen LogP contribution in [0.2, 0.25) is 0 Å². The minimum Gasteiger partial charge on any atom is -0.385 e. The Kier molecular flexibility index (Phi) is 4.34. The van der Waals surface area contributed by atoms with Crippen molar-refractivity contribution in [1.29, 1.82) is 0 Å². The van der Waals surface area contributed by atoms with E-state index in [1.165, 1.54) is 0 Å². The Morgan fingerprint density at radius 2 is 1.82 bits per heavy atom. The van der Waals surface area contributed by atoms with Crippen molar-refractivity contribution in [2.24, 2.45) is 11.8 Å². The molecule has 0 aliphatic heterocycles. The number of carbonyl (C=O) groups is 1. The monoisotopic (exact) mass is 158 g/mol. The van der Waals surface area contributed by atoms with Gasteiger partial charge in [0.15, 0.2) is 5.78 Å². The van der Waals surface area contributed by atoms with Crippen LogP contribution < -0.4 is 0 Å². The number of ketones is 1. The minimum atomic E-state index is -0.764. The first-order valence-corrected chi connectivity index (χ1v) is 4.22. The van der Waals surface area contributed by atoms with Crippen LogP contribution >= 0.6 is 0 Å². The van der Waals surface area contributed by atoms with Gasteiger partial charge >= 0.3 is 0 Å². The number of aliphatic hydroxyl groups is 1. The van der Waals surface area contributed by atoms with Crippen molar-refractivity contribution >= 4 is 5.78 Å². The van der Waals surface area contributed by atoms with Crippen LogP contribution in [0.3, 0.4) is 0 Å². The topological polar surface area (TPSA) is 37.3 Å². The van der Waals surface area contributed by atoms with Crippen molar-refractivity contribution in [1.82, 2.24) is 0 Å². The van der Waals surface area contributed by atoms with Gasteiger partial charge < -0.3 is 5.11 Å². The van der Waals surface area contributed by atoms with E-state index in [-0.39, 0.29) is 17.6 Å². The van der Waals surface area contributed by atoms with Crippen LogP contribution in [0.25, 0.3) is 0 Å². The largest absolute Gasteiger partial charge is 0.385 e. The predicted octanol–water partition coefficient (Wildman–Crippen LogP) is 1.62. The third-order valence-corrected chi connectivity index (χ3v) is 2.04. The van der Waals surface area contributed by atoms with E-state index in [2.05, 4.69) is 0 Å². The molecule has 2 heteroatoms. The fraction of sp³-hybridized carbons (Fsp3) is 0.889. The SMILES string of the molecule is CC[C@H](C)C(O)C(=O)C(C)C. The summed E-state index contributed by atoms with van der Waals surface area (Å²) in [6.07, 6.45) is 0.0830. The van der Waals surface area contributed by atoms with Crippen LogP contribution in [-0.4, -0.2) is 17.0 Å². The molecular weight excluding hydrogens is 140 g/mol. The summed E-state index contributed by atoms with van der Waals surface area (Å²) in [4.78, 5) is 11.2. The van der Waals surface area contributed by atoms with E-state index in [0.717, 1.165) is 6.42 Å². The van der Waals surface area contributed by atoms with E-state index < -0.39 is 6.10 Å². The van der Waals surface area contributed by atoms with E-state index in [4.69, 9.17) is 0 Å². The number of rotatable bonds is 4. The fourth-order valence-corrected chi connectivity index (χ4v) is 0.845. The third-order valence-electron chi connectivity index (χ3n) is 2.04. The number of carbonyl (C=O) groups excluding carboxylic acids is 1. The van der Waals surface area contributed by atoms with Gasteiger partial charge in [-0.05, 0) is 5.92 Å². The maximum Gasteiger partial charge on any atom is 0.164 e. The van der Waals surface area contributed by atoms with Gasteiger partial charge in [0.2, 0.25) is 0 Å². The van der Waals surface area contributed by atoms with Crippen molar-refractivity contribution in [3.8, 4) is 0 Å².